The maximum absolute atomic E-state index is 14.4. The van der Waals surface area contributed by atoms with Crippen molar-refractivity contribution >= 4 is 23.4 Å². The summed E-state index contributed by atoms with van der Waals surface area (Å²) in [5.74, 6) is 1.06. The first-order chi connectivity index (χ1) is 16.9. The summed E-state index contributed by atoms with van der Waals surface area (Å²) in [6, 6.07) is 18.0. The quantitative estimate of drug-likeness (QED) is 0.464. The summed E-state index contributed by atoms with van der Waals surface area (Å²) in [4.78, 5) is 34.7. The van der Waals surface area contributed by atoms with E-state index in [2.05, 4.69) is 17.1 Å². The van der Waals surface area contributed by atoms with E-state index in [9.17, 15) is 9.59 Å². The lowest BCUT2D eigenvalue weighted by Gasteiger charge is -2.43. The van der Waals surface area contributed by atoms with Crippen LogP contribution in [0.3, 0.4) is 0 Å². The van der Waals surface area contributed by atoms with Gasteiger partial charge in [-0.1, -0.05) is 54.1 Å². The molecule has 6 nitrogen and oxygen atoms in total. The lowest BCUT2D eigenvalue weighted by molar-refractivity contribution is -0.148. The van der Waals surface area contributed by atoms with Gasteiger partial charge in [0.05, 0.1) is 12.0 Å². The minimum absolute atomic E-state index is 0.0679. The number of rotatable bonds is 8. The fraction of sp³-hybridized carbons (Fsp3) is 0.393. The van der Waals surface area contributed by atoms with Crippen LogP contribution in [0, 0.1) is 5.41 Å². The number of piperidine rings is 1. The first-order valence-corrected chi connectivity index (χ1v) is 12.5. The molecule has 7 heteroatoms. The summed E-state index contributed by atoms with van der Waals surface area (Å²) in [7, 11) is 1.95. The first kappa shape index (κ1) is 25.0. The Bertz CT molecular complexity index is 1140. The fourth-order valence-electron chi connectivity index (χ4n) is 4.92. The molecule has 2 aromatic carbocycles. The van der Waals surface area contributed by atoms with Gasteiger partial charge >= 0.3 is 0 Å². The highest BCUT2D eigenvalue weighted by molar-refractivity contribution is 6.30. The molecule has 0 bridgehead atoms. The summed E-state index contributed by atoms with van der Waals surface area (Å²) in [5, 5.41) is 0.703. The van der Waals surface area contributed by atoms with Crippen LogP contribution in [0.2, 0.25) is 5.02 Å². The molecule has 2 heterocycles. The average molecular weight is 493 g/mol. The monoisotopic (exact) mass is 492 g/mol. The number of imidazole rings is 1. The second kappa shape index (κ2) is 11.1. The van der Waals surface area contributed by atoms with E-state index in [4.69, 9.17) is 11.6 Å². The van der Waals surface area contributed by atoms with Crippen molar-refractivity contribution in [2.24, 2.45) is 12.5 Å². The predicted octanol–water partition coefficient (Wildman–Crippen LogP) is 4.52. The van der Waals surface area contributed by atoms with Crippen molar-refractivity contribution in [2.45, 2.75) is 39.2 Å². The van der Waals surface area contributed by atoms with Crippen molar-refractivity contribution in [3.63, 3.8) is 0 Å². The van der Waals surface area contributed by atoms with Crippen molar-refractivity contribution in [1.29, 1.82) is 0 Å². The zero-order valence-electron chi connectivity index (χ0n) is 20.5. The van der Waals surface area contributed by atoms with E-state index in [0.717, 1.165) is 23.4 Å². The number of hydrogen-bond donors (Lipinski definition) is 0. The summed E-state index contributed by atoms with van der Waals surface area (Å²) in [5.41, 5.74) is 1.72. The van der Waals surface area contributed by atoms with Gasteiger partial charge in [0.1, 0.15) is 5.82 Å². The Balaban J connectivity index is 1.62. The number of carbonyl (C=O) groups is 2. The van der Waals surface area contributed by atoms with Gasteiger partial charge in [-0.25, -0.2) is 4.98 Å². The molecular formula is C28H33ClN4O2. The molecule has 2 amide bonds. The molecule has 1 fully saturated rings. The number of hydrogen-bond acceptors (Lipinski definition) is 3. The maximum atomic E-state index is 14.4. The molecule has 0 radical (unpaired) electrons. The van der Waals surface area contributed by atoms with Crippen LogP contribution in [0.15, 0.2) is 67.0 Å². The Hall–Kier alpha value is -3.12. The number of aryl methyl sites for hydroxylation is 1. The van der Waals surface area contributed by atoms with E-state index in [-0.39, 0.29) is 11.8 Å². The van der Waals surface area contributed by atoms with Gasteiger partial charge in [0.15, 0.2) is 0 Å². The molecule has 4 rings (SSSR count). The van der Waals surface area contributed by atoms with Gasteiger partial charge in [0.25, 0.3) is 0 Å². The van der Waals surface area contributed by atoms with Crippen molar-refractivity contribution in [3.8, 4) is 0 Å². The van der Waals surface area contributed by atoms with Crippen LogP contribution in [0.4, 0.5) is 0 Å². The molecule has 0 saturated carbocycles. The molecule has 0 unspecified atom stereocenters. The molecule has 0 spiro atoms. The molecule has 1 saturated heterocycles. The van der Waals surface area contributed by atoms with Gasteiger partial charge < -0.3 is 14.4 Å². The van der Waals surface area contributed by atoms with E-state index in [1.165, 1.54) is 0 Å². The van der Waals surface area contributed by atoms with E-state index >= 15 is 0 Å². The topological polar surface area (TPSA) is 58.4 Å². The molecule has 0 N–H and O–H groups in total. The third-order valence-corrected chi connectivity index (χ3v) is 7.38. The standard InChI is InChI=1S/C28H33ClN4O2/c1-22(34)32-17-13-28(14-18-32,20-24-6-4-3-5-7-24)27(35)33(21-26-30-15-19-31(26)2)16-12-23-8-10-25(29)11-9-23/h3-11,15,19H,12-14,16-18,20-21H2,1-2H3. The van der Waals surface area contributed by atoms with Crippen LogP contribution in [0.1, 0.15) is 36.7 Å². The Kier molecular flexibility index (Phi) is 7.91. The van der Waals surface area contributed by atoms with Gasteiger partial charge in [-0.2, -0.15) is 0 Å². The van der Waals surface area contributed by atoms with Crippen LogP contribution in [-0.2, 0) is 36.0 Å². The Labute approximate surface area is 212 Å². The van der Waals surface area contributed by atoms with Crippen LogP contribution < -0.4 is 0 Å². The highest BCUT2D eigenvalue weighted by atomic mass is 35.5. The zero-order valence-corrected chi connectivity index (χ0v) is 21.2. The number of carbonyl (C=O) groups excluding carboxylic acids is 2. The van der Waals surface area contributed by atoms with E-state index < -0.39 is 5.41 Å². The van der Waals surface area contributed by atoms with Crippen LogP contribution in [0.5, 0.6) is 0 Å². The number of likely N-dealkylation sites (tertiary alicyclic amines) is 1. The number of amides is 2. The Morgan fingerprint density at radius 2 is 1.71 bits per heavy atom. The molecule has 1 aromatic heterocycles. The normalized spacial score (nSPS) is 15.1. The lowest BCUT2D eigenvalue weighted by Crippen LogP contribution is -2.52. The highest BCUT2D eigenvalue weighted by Crippen LogP contribution is 2.38. The SMILES string of the molecule is CC(=O)N1CCC(Cc2ccccc2)(C(=O)N(CCc2ccc(Cl)cc2)Cc2nccn2C)CC1. The molecule has 35 heavy (non-hydrogen) atoms. The van der Waals surface area contributed by atoms with E-state index in [1.807, 2.05) is 70.1 Å². The minimum atomic E-state index is -0.557. The average Bonchev–Trinajstić information content (AvgIpc) is 3.27. The number of aromatic nitrogens is 2. The molecule has 184 valence electrons. The summed E-state index contributed by atoms with van der Waals surface area (Å²) in [6.45, 7) is 3.83. The van der Waals surface area contributed by atoms with Crippen molar-refractivity contribution in [3.05, 3.63) is 89.0 Å². The van der Waals surface area contributed by atoms with Gasteiger partial charge in [0.2, 0.25) is 11.8 Å². The van der Waals surface area contributed by atoms with Crippen LogP contribution in [-0.4, -0.2) is 50.8 Å². The smallest absolute Gasteiger partial charge is 0.229 e. The number of benzene rings is 2. The predicted molar refractivity (Wildman–Crippen MR) is 138 cm³/mol. The summed E-state index contributed by atoms with van der Waals surface area (Å²) < 4.78 is 1.96. The van der Waals surface area contributed by atoms with Crippen LogP contribution >= 0.6 is 11.6 Å². The molecule has 0 atom stereocenters. The molecular weight excluding hydrogens is 460 g/mol. The Morgan fingerprint density at radius 1 is 1.03 bits per heavy atom. The second-order valence-electron chi connectivity index (χ2n) is 9.51. The second-order valence-corrected chi connectivity index (χ2v) is 9.94. The van der Waals surface area contributed by atoms with Gasteiger partial charge in [-0.3, -0.25) is 9.59 Å². The fourth-order valence-corrected chi connectivity index (χ4v) is 5.05. The lowest BCUT2D eigenvalue weighted by atomic mass is 9.72. The van der Waals surface area contributed by atoms with Gasteiger partial charge in [-0.15, -0.1) is 0 Å². The third kappa shape index (κ3) is 6.12. The number of halogens is 1. The maximum Gasteiger partial charge on any atom is 0.229 e. The van der Waals surface area contributed by atoms with Gasteiger partial charge in [0, 0.05) is 51.0 Å². The van der Waals surface area contributed by atoms with Crippen molar-refractivity contribution in [2.75, 3.05) is 19.6 Å². The van der Waals surface area contributed by atoms with Gasteiger partial charge in [-0.05, 0) is 48.9 Å². The molecule has 0 aliphatic carbocycles. The Morgan fingerprint density at radius 3 is 2.31 bits per heavy atom. The minimum Gasteiger partial charge on any atom is -0.343 e. The largest absolute Gasteiger partial charge is 0.343 e. The van der Waals surface area contributed by atoms with E-state index in [1.54, 1.807) is 13.1 Å². The molecule has 1 aliphatic heterocycles. The molecule has 1 aliphatic rings. The van der Waals surface area contributed by atoms with E-state index in [0.29, 0.717) is 50.5 Å². The van der Waals surface area contributed by atoms with Crippen molar-refractivity contribution < 1.29 is 9.59 Å². The zero-order chi connectivity index (χ0) is 24.8. The third-order valence-electron chi connectivity index (χ3n) is 7.13. The molecule has 3 aromatic rings. The number of nitrogens with zero attached hydrogens (tertiary/aromatic N) is 4. The first-order valence-electron chi connectivity index (χ1n) is 12.2. The summed E-state index contributed by atoms with van der Waals surface area (Å²) >= 11 is 6.06. The van der Waals surface area contributed by atoms with Crippen LogP contribution in [0.25, 0.3) is 0 Å². The highest BCUT2D eigenvalue weighted by Gasteiger charge is 2.44. The summed E-state index contributed by atoms with van der Waals surface area (Å²) in [6.07, 6.45) is 6.37. The van der Waals surface area contributed by atoms with Crippen molar-refractivity contribution in [1.82, 2.24) is 19.4 Å².